The van der Waals surface area contributed by atoms with Crippen LogP contribution in [-0.2, 0) is 11.3 Å². The van der Waals surface area contributed by atoms with Crippen LogP contribution in [0.25, 0.3) is 5.65 Å². The molecule has 1 aliphatic heterocycles. The lowest BCUT2D eigenvalue weighted by molar-refractivity contribution is 0.0704. The molecule has 1 aromatic carbocycles. The molecule has 134 valence electrons. The summed E-state index contributed by atoms with van der Waals surface area (Å²) < 4.78 is 7.15. The fraction of sp³-hybridized carbons (Fsp3) is 0.350. The van der Waals surface area contributed by atoms with Gasteiger partial charge in [0, 0.05) is 37.9 Å². The van der Waals surface area contributed by atoms with Crippen molar-refractivity contribution in [1.29, 1.82) is 0 Å². The average molecular weight is 350 g/mol. The van der Waals surface area contributed by atoms with Crippen LogP contribution < -0.4 is 0 Å². The summed E-state index contributed by atoms with van der Waals surface area (Å²) in [6, 6.07) is 13.5. The van der Waals surface area contributed by atoms with Crippen molar-refractivity contribution in [2.24, 2.45) is 0 Å². The molecule has 1 atom stereocenters. The van der Waals surface area contributed by atoms with Crippen LogP contribution in [-0.4, -0.2) is 45.6 Å². The summed E-state index contributed by atoms with van der Waals surface area (Å²) in [6.45, 7) is 2.01. The van der Waals surface area contributed by atoms with Crippen LogP contribution in [0.2, 0.25) is 0 Å². The predicted molar refractivity (Wildman–Crippen MR) is 98.0 cm³/mol. The van der Waals surface area contributed by atoms with E-state index in [0.29, 0.717) is 13.2 Å². The Bertz CT molecular complexity index is 904. The number of carbonyl (C=O) groups is 1. The summed E-state index contributed by atoms with van der Waals surface area (Å²) in [5.74, 6) is 1.22. The van der Waals surface area contributed by atoms with Crippen molar-refractivity contribution in [2.45, 2.75) is 25.4 Å². The van der Waals surface area contributed by atoms with E-state index in [2.05, 4.69) is 10.2 Å². The minimum Gasteiger partial charge on any atom is -0.380 e. The normalized spacial score (nSPS) is 17.6. The maximum absolute atomic E-state index is 12.9. The Morgan fingerprint density at radius 3 is 2.85 bits per heavy atom. The van der Waals surface area contributed by atoms with E-state index in [0.717, 1.165) is 42.0 Å². The number of amides is 1. The highest BCUT2D eigenvalue weighted by Crippen LogP contribution is 2.27. The molecule has 2 aromatic heterocycles. The SMILES string of the molecule is COCc1ccc(C(=O)N2CCC[C@@H](c3nnc4ccccn34)C2)cc1. The Labute approximate surface area is 152 Å². The van der Waals surface area contributed by atoms with Crippen molar-refractivity contribution in [3.63, 3.8) is 0 Å². The highest BCUT2D eigenvalue weighted by Gasteiger charge is 2.28. The molecule has 0 aliphatic carbocycles. The molecule has 0 spiro atoms. The molecular formula is C20H22N4O2. The summed E-state index contributed by atoms with van der Waals surface area (Å²) in [7, 11) is 1.67. The van der Waals surface area contributed by atoms with E-state index < -0.39 is 0 Å². The number of carbonyl (C=O) groups excluding carboxylic acids is 1. The minimum absolute atomic E-state index is 0.0764. The molecule has 3 heterocycles. The van der Waals surface area contributed by atoms with E-state index in [1.54, 1.807) is 7.11 Å². The first kappa shape index (κ1) is 16.7. The molecule has 1 saturated heterocycles. The van der Waals surface area contributed by atoms with Gasteiger partial charge in [-0.2, -0.15) is 0 Å². The second-order valence-electron chi connectivity index (χ2n) is 6.71. The molecule has 0 radical (unpaired) electrons. The van der Waals surface area contributed by atoms with Crippen molar-refractivity contribution in [2.75, 3.05) is 20.2 Å². The van der Waals surface area contributed by atoms with Crippen LogP contribution in [0, 0.1) is 0 Å². The van der Waals surface area contributed by atoms with Gasteiger partial charge in [0.2, 0.25) is 0 Å². The fourth-order valence-electron chi connectivity index (χ4n) is 3.60. The Morgan fingerprint density at radius 2 is 2.04 bits per heavy atom. The average Bonchev–Trinajstić information content (AvgIpc) is 3.13. The molecule has 4 rings (SSSR count). The molecule has 0 saturated carbocycles. The first-order chi connectivity index (χ1) is 12.8. The molecule has 3 aromatic rings. The van der Waals surface area contributed by atoms with Gasteiger partial charge < -0.3 is 9.64 Å². The number of methoxy groups -OCH3 is 1. The van der Waals surface area contributed by atoms with E-state index in [-0.39, 0.29) is 11.8 Å². The Balaban J connectivity index is 1.52. The van der Waals surface area contributed by atoms with Gasteiger partial charge in [0.15, 0.2) is 5.65 Å². The largest absolute Gasteiger partial charge is 0.380 e. The van der Waals surface area contributed by atoms with E-state index in [1.807, 2.05) is 58.0 Å². The summed E-state index contributed by atoms with van der Waals surface area (Å²) in [5.41, 5.74) is 2.63. The van der Waals surface area contributed by atoms with Crippen LogP contribution in [0.1, 0.15) is 40.5 Å². The number of nitrogens with zero attached hydrogens (tertiary/aromatic N) is 4. The third-order valence-corrected chi connectivity index (χ3v) is 4.93. The van der Waals surface area contributed by atoms with Gasteiger partial charge in [-0.05, 0) is 42.7 Å². The third kappa shape index (κ3) is 3.20. The van der Waals surface area contributed by atoms with Gasteiger partial charge in [-0.1, -0.05) is 18.2 Å². The second kappa shape index (κ2) is 7.25. The monoisotopic (exact) mass is 350 g/mol. The molecule has 1 amide bonds. The number of aromatic nitrogens is 3. The Hall–Kier alpha value is -2.73. The third-order valence-electron chi connectivity index (χ3n) is 4.93. The number of hydrogen-bond acceptors (Lipinski definition) is 4. The lowest BCUT2D eigenvalue weighted by Crippen LogP contribution is -2.39. The zero-order valence-corrected chi connectivity index (χ0v) is 14.8. The van der Waals surface area contributed by atoms with Crippen LogP contribution in [0.4, 0.5) is 0 Å². The smallest absolute Gasteiger partial charge is 0.253 e. The first-order valence-electron chi connectivity index (χ1n) is 8.93. The van der Waals surface area contributed by atoms with Crippen molar-refractivity contribution < 1.29 is 9.53 Å². The maximum Gasteiger partial charge on any atom is 0.253 e. The van der Waals surface area contributed by atoms with E-state index in [1.165, 1.54) is 0 Å². The van der Waals surface area contributed by atoms with Gasteiger partial charge >= 0.3 is 0 Å². The molecule has 1 aliphatic rings. The van der Waals surface area contributed by atoms with Gasteiger partial charge in [-0.25, -0.2) is 0 Å². The Kier molecular flexibility index (Phi) is 4.67. The van der Waals surface area contributed by atoms with Crippen molar-refractivity contribution in [1.82, 2.24) is 19.5 Å². The van der Waals surface area contributed by atoms with Gasteiger partial charge in [0.25, 0.3) is 5.91 Å². The van der Waals surface area contributed by atoms with Crippen molar-refractivity contribution in [3.05, 3.63) is 65.6 Å². The van der Waals surface area contributed by atoms with Crippen LogP contribution in [0.3, 0.4) is 0 Å². The molecule has 0 unspecified atom stereocenters. The van der Waals surface area contributed by atoms with Crippen LogP contribution >= 0.6 is 0 Å². The Morgan fingerprint density at radius 1 is 1.19 bits per heavy atom. The summed E-state index contributed by atoms with van der Waals surface area (Å²) in [5, 5.41) is 8.63. The number of benzene rings is 1. The molecular weight excluding hydrogens is 328 g/mol. The fourth-order valence-corrected chi connectivity index (χ4v) is 3.60. The number of ether oxygens (including phenoxy) is 1. The minimum atomic E-state index is 0.0764. The number of pyridine rings is 1. The first-order valence-corrected chi connectivity index (χ1v) is 8.93. The molecule has 26 heavy (non-hydrogen) atoms. The summed E-state index contributed by atoms with van der Waals surface area (Å²) in [4.78, 5) is 14.8. The standard InChI is InChI=1S/C20H22N4O2/c1-26-14-15-7-9-16(10-8-15)20(25)23-11-4-5-17(13-23)19-22-21-18-6-2-3-12-24(18)19/h2-3,6-10,12,17H,4-5,11,13-14H2,1H3/t17-/m1/s1. The number of likely N-dealkylation sites (tertiary alicyclic amines) is 1. The van der Waals surface area contributed by atoms with Crippen LogP contribution in [0.15, 0.2) is 48.7 Å². The summed E-state index contributed by atoms with van der Waals surface area (Å²) >= 11 is 0. The van der Waals surface area contributed by atoms with E-state index in [4.69, 9.17) is 4.74 Å². The topological polar surface area (TPSA) is 59.7 Å². The van der Waals surface area contributed by atoms with Crippen molar-refractivity contribution >= 4 is 11.6 Å². The maximum atomic E-state index is 12.9. The quantitative estimate of drug-likeness (QED) is 0.726. The van der Waals surface area contributed by atoms with E-state index >= 15 is 0 Å². The molecule has 0 bridgehead atoms. The molecule has 1 fully saturated rings. The second-order valence-corrected chi connectivity index (χ2v) is 6.71. The number of rotatable bonds is 4. The summed E-state index contributed by atoms with van der Waals surface area (Å²) in [6.07, 6.45) is 3.98. The molecule has 0 N–H and O–H groups in total. The predicted octanol–water partition coefficient (Wildman–Crippen LogP) is 2.90. The highest BCUT2D eigenvalue weighted by atomic mass is 16.5. The van der Waals surface area contributed by atoms with Crippen LogP contribution in [0.5, 0.6) is 0 Å². The van der Waals surface area contributed by atoms with Gasteiger partial charge in [0.1, 0.15) is 5.82 Å². The van der Waals surface area contributed by atoms with Gasteiger partial charge in [-0.3, -0.25) is 9.20 Å². The van der Waals surface area contributed by atoms with E-state index in [9.17, 15) is 4.79 Å². The zero-order chi connectivity index (χ0) is 17.9. The lowest BCUT2D eigenvalue weighted by Gasteiger charge is -2.32. The molecule has 6 nitrogen and oxygen atoms in total. The molecule has 6 heteroatoms. The number of piperidine rings is 1. The zero-order valence-electron chi connectivity index (χ0n) is 14.8. The van der Waals surface area contributed by atoms with Gasteiger partial charge in [0.05, 0.1) is 6.61 Å². The van der Waals surface area contributed by atoms with Gasteiger partial charge in [-0.15, -0.1) is 10.2 Å². The highest BCUT2D eigenvalue weighted by molar-refractivity contribution is 5.94. The number of fused-ring (bicyclic) bond motifs is 1. The number of hydrogen-bond donors (Lipinski definition) is 0. The lowest BCUT2D eigenvalue weighted by atomic mass is 9.96. The van der Waals surface area contributed by atoms with Crippen molar-refractivity contribution in [3.8, 4) is 0 Å².